The number of fused-ring (bicyclic) bond motifs is 1. The molecule has 1 saturated heterocycles. The fourth-order valence-electron chi connectivity index (χ4n) is 3.97. The maximum atomic E-state index is 12.5. The van der Waals surface area contributed by atoms with Crippen LogP contribution in [0.3, 0.4) is 0 Å². The van der Waals surface area contributed by atoms with Crippen LogP contribution in [0.15, 0.2) is 16.1 Å². The van der Waals surface area contributed by atoms with E-state index in [1.807, 2.05) is 0 Å². The van der Waals surface area contributed by atoms with Gasteiger partial charge in [-0.3, -0.25) is 14.4 Å². The Hall–Kier alpha value is -2.84. The van der Waals surface area contributed by atoms with Crippen molar-refractivity contribution in [2.45, 2.75) is 51.9 Å². The number of likely N-dealkylation sites (tertiary alicyclic amines) is 1. The van der Waals surface area contributed by atoms with Crippen molar-refractivity contribution in [3.8, 4) is 0 Å². The first kappa shape index (κ1) is 18.5. The average Bonchev–Trinajstić information content (AvgIpc) is 3.08. The molecule has 3 amide bonds. The molecule has 1 saturated carbocycles. The van der Waals surface area contributed by atoms with Gasteiger partial charge in [0.05, 0.1) is 11.6 Å². The molecular weight excluding hydrogens is 360 g/mol. The molecule has 148 valence electrons. The Balaban J connectivity index is 1.55. The number of aryl methyl sites for hydroxylation is 1. The zero-order valence-electron chi connectivity index (χ0n) is 16.0. The summed E-state index contributed by atoms with van der Waals surface area (Å²) in [4.78, 5) is 47.5. The van der Waals surface area contributed by atoms with Gasteiger partial charge in [0, 0.05) is 24.9 Å². The van der Waals surface area contributed by atoms with Gasteiger partial charge < -0.3 is 10.2 Å². The lowest BCUT2D eigenvalue weighted by molar-refractivity contribution is -0.143. The standard InChI is InChI=1S/C19H24N6O3/c1-12-11-15(21-17(27)18(28)24-9-5-2-6-10-24)25(23-12)19-20-14-8-4-3-7-13(14)16(26)22-19/h11,13H,2-10H2,1H3,(H,21,27). The first-order chi connectivity index (χ1) is 13.5. The predicted molar refractivity (Wildman–Crippen MR) is 103 cm³/mol. The molecule has 2 aliphatic heterocycles. The van der Waals surface area contributed by atoms with Gasteiger partial charge in [0.2, 0.25) is 0 Å². The summed E-state index contributed by atoms with van der Waals surface area (Å²) in [6, 6.07) is 1.64. The van der Waals surface area contributed by atoms with E-state index in [-0.39, 0.29) is 23.6 Å². The van der Waals surface area contributed by atoms with Crippen LogP contribution in [0.1, 0.15) is 50.6 Å². The van der Waals surface area contributed by atoms with Gasteiger partial charge in [-0.2, -0.15) is 14.8 Å². The van der Waals surface area contributed by atoms with Gasteiger partial charge in [0.1, 0.15) is 5.82 Å². The van der Waals surface area contributed by atoms with Crippen molar-refractivity contribution in [2.24, 2.45) is 15.9 Å². The van der Waals surface area contributed by atoms with Crippen molar-refractivity contribution >= 4 is 35.2 Å². The number of hydrogen-bond acceptors (Lipinski definition) is 5. The SMILES string of the molecule is Cc1cc(NC(=O)C(=O)N2CCCCC2)n(C2=NC(=O)C3CCCCC3=N2)n1. The Bertz CT molecular complexity index is 878. The largest absolute Gasteiger partial charge is 0.334 e. The number of aliphatic imine (C=N–C) groups is 2. The predicted octanol–water partition coefficient (Wildman–Crippen LogP) is 1.52. The number of nitrogens with one attached hydrogen (secondary N) is 1. The number of aromatic nitrogens is 2. The monoisotopic (exact) mass is 384 g/mol. The van der Waals surface area contributed by atoms with Crippen LogP contribution in [-0.2, 0) is 14.4 Å². The van der Waals surface area contributed by atoms with Crippen LogP contribution in [0.25, 0.3) is 0 Å². The second kappa shape index (κ2) is 7.65. The van der Waals surface area contributed by atoms with Gasteiger partial charge in [0.25, 0.3) is 11.9 Å². The molecule has 2 fully saturated rings. The Morgan fingerprint density at radius 2 is 1.89 bits per heavy atom. The summed E-state index contributed by atoms with van der Waals surface area (Å²) in [5, 5.41) is 6.94. The second-order valence-corrected chi connectivity index (χ2v) is 7.54. The highest BCUT2D eigenvalue weighted by Crippen LogP contribution is 2.26. The van der Waals surface area contributed by atoms with Crippen LogP contribution in [0, 0.1) is 12.8 Å². The number of nitrogens with zero attached hydrogens (tertiary/aromatic N) is 5. The summed E-state index contributed by atoms with van der Waals surface area (Å²) < 4.78 is 1.34. The zero-order valence-corrected chi connectivity index (χ0v) is 16.0. The number of amides is 3. The Morgan fingerprint density at radius 1 is 1.11 bits per heavy atom. The fraction of sp³-hybridized carbons (Fsp3) is 0.579. The molecule has 3 aliphatic rings. The molecule has 1 aromatic heterocycles. The molecule has 4 rings (SSSR count). The molecule has 0 bridgehead atoms. The van der Waals surface area contributed by atoms with E-state index in [0.717, 1.165) is 50.7 Å². The minimum absolute atomic E-state index is 0.145. The van der Waals surface area contributed by atoms with Crippen molar-refractivity contribution in [1.29, 1.82) is 0 Å². The van der Waals surface area contributed by atoms with Crippen LogP contribution in [0.2, 0.25) is 0 Å². The van der Waals surface area contributed by atoms with E-state index < -0.39 is 11.8 Å². The Kier molecular flexibility index (Phi) is 5.06. The fourth-order valence-corrected chi connectivity index (χ4v) is 3.97. The van der Waals surface area contributed by atoms with Crippen LogP contribution in [0.4, 0.5) is 5.82 Å². The molecule has 28 heavy (non-hydrogen) atoms. The van der Waals surface area contributed by atoms with Gasteiger partial charge in [-0.25, -0.2) is 4.99 Å². The number of rotatable bonds is 1. The minimum atomic E-state index is -0.714. The molecule has 0 aromatic carbocycles. The highest BCUT2D eigenvalue weighted by molar-refractivity contribution is 6.39. The summed E-state index contributed by atoms with van der Waals surface area (Å²) >= 11 is 0. The second-order valence-electron chi connectivity index (χ2n) is 7.54. The first-order valence-corrected chi connectivity index (χ1v) is 9.90. The molecule has 0 spiro atoms. The van der Waals surface area contributed by atoms with E-state index in [9.17, 15) is 14.4 Å². The van der Waals surface area contributed by atoms with Crippen LogP contribution in [0.5, 0.6) is 0 Å². The summed E-state index contributed by atoms with van der Waals surface area (Å²) in [7, 11) is 0. The third kappa shape index (κ3) is 3.61. The third-order valence-electron chi connectivity index (χ3n) is 5.43. The van der Waals surface area contributed by atoms with Gasteiger partial charge in [-0.15, -0.1) is 0 Å². The Morgan fingerprint density at radius 3 is 2.68 bits per heavy atom. The van der Waals surface area contributed by atoms with Gasteiger partial charge in [-0.1, -0.05) is 6.42 Å². The van der Waals surface area contributed by atoms with Crippen molar-refractivity contribution in [2.75, 3.05) is 18.4 Å². The molecule has 1 N–H and O–H groups in total. The lowest BCUT2D eigenvalue weighted by Crippen LogP contribution is -2.43. The van der Waals surface area contributed by atoms with E-state index in [0.29, 0.717) is 18.8 Å². The molecule has 1 aliphatic carbocycles. The highest BCUT2D eigenvalue weighted by atomic mass is 16.2. The highest BCUT2D eigenvalue weighted by Gasteiger charge is 2.32. The summed E-state index contributed by atoms with van der Waals surface area (Å²) in [5.74, 6) is -1.27. The summed E-state index contributed by atoms with van der Waals surface area (Å²) in [6.07, 6.45) is 6.45. The van der Waals surface area contributed by atoms with E-state index >= 15 is 0 Å². The molecular formula is C19H24N6O3. The van der Waals surface area contributed by atoms with E-state index in [1.54, 1.807) is 17.9 Å². The quantitative estimate of drug-likeness (QED) is 0.740. The topological polar surface area (TPSA) is 109 Å². The number of carbonyl (C=O) groups excluding carboxylic acids is 3. The number of piperidine rings is 1. The van der Waals surface area contributed by atoms with Gasteiger partial charge >= 0.3 is 11.8 Å². The third-order valence-corrected chi connectivity index (χ3v) is 5.43. The molecule has 1 unspecified atom stereocenters. The van der Waals surface area contributed by atoms with Crippen molar-refractivity contribution in [3.05, 3.63) is 11.8 Å². The summed E-state index contributed by atoms with van der Waals surface area (Å²) in [6.45, 7) is 2.96. The average molecular weight is 384 g/mol. The maximum Gasteiger partial charge on any atom is 0.315 e. The van der Waals surface area contributed by atoms with Crippen molar-refractivity contribution < 1.29 is 14.4 Å². The molecule has 1 aromatic rings. The molecule has 9 nitrogen and oxygen atoms in total. The summed E-state index contributed by atoms with van der Waals surface area (Å²) in [5.41, 5.74) is 1.46. The van der Waals surface area contributed by atoms with E-state index in [2.05, 4.69) is 20.4 Å². The number of hydrogen-bond donors (Lipinski definition) is 1. The van der Waals surface area contributed by atoms with Crippen LogP contribution < -0.4 is 5.32 Å². The smallest absolute Gasteiger partial charge is 0.315 e. The maximum absolute atomic E-state index is 12.5. The normalized spacial score (nSPS) is 22.2. The van der Waals surface area contributed by atoms with Crippen LogP contribution >= 0.6 is 0 Å². The van der Waals surface area contributed by atoms with Gasteiger partial charge in [0.15, 0.2) is 0 Å². The molecule has 0 radical (unpaired) electrons. The minimum Gasteiger partial charge on any atom is -0.334 e. The first-order valence-electron chi connectivity index (χ1n) is 9.90. The lowest BCUT2D eigenvalue weighted by atomic mass is 9.86. The molecule has 3 heterocycles. The van der Waals surface area contributed by atoms with E-state index in [1.165, 1.54) is 4.68 Å². The van der Waals surface area contributed by atoms with Gasteiger partial charge in [-0.05, 0) is 45.4 Å². The van der Waals surface area contributed by atoms with Crippen LogP contribution in [-0.4, -0.2) is 57.2 Å². The number of anilines is 1. The Labute approximate surface area is 162 Å². The van der Waals surface area contributed by atoms with Crippen molar-refractivity contribution in [1.82, 2.24) is 14.7 Å². The number of carbonyl (C=O) groups is 3. The molecule has 9 heteroatoms. The zero-order chi connectivity index (χ0) is 19.7. The van der Waals surface area contributed by atoms with Crippen molar-refractivity contribution in [3.63, 3.8) is 0 Å². The molecule has 1 atom stereocenters. The lowest BCUT2D eigenvalue weighted by Gasteiger charge is -2.26. The van der Waals surface area contributed by atoms with E-state index in [4.69, 9.17) is 0 Å².